The van der Waals surface area contributed by atoms with Crippen LogP contribution in [0.2, 0.25) is 0 Å². The molecule has 3 unspecified atom stereocenters. The van der Waals surface area contributed by atoms with Gasteiger partial charge in [0, 0.05) is 6.42 Å². The summed E-state index contributed by atoms with van der Waals surface area (Å²) in [5, 5.41) is 13.9. The Morgan fingerprint density at radius 2 is 0.983 bits per heavy atom. The number of carbonyl (C=O) groups is 1. The normalized spacial score (nSPS) is 14.5. The molecule has 59 heavy (non-hydrogen) atoms. The summed E-state index contributed by atoms with van der Waals surface area (Å²) < 4.78 is 23.3. The number of likely N-dealkylation sites (N-methyl/N-ethyl adjacent to an activating group) is 1. The smallest absolute Gasteiger partial charge is 0.268 e. The highest BCUT2D eigenvalue weighted by atomic mass is 31.2. The molecule has 0 aliphatic rings. The van der Waals surface area contributed by atoms with E-state index in [0.717, 1.165) is 64.2 Å². The van der Waals surface area contributed by atoms with Gasteiger partial charge in [0.05, 0.1) is 39.9 Å². The van der Waals surface area contributed by atoms with Crippen molar-refractivity contribution in [1.82, 2.24) is 5.32 Å². The highest BCUT2D eigenvalue weighted by molar-refractivity contribution is 7.45. The molecule has 0 saturated heterocycles. The Hall–Kier alpha value is -1.28. The van der Waals surface area contributed by atoms with Crippen molar-refractivity contribution in [2.45, 2.75) is 238 Å². The zero-order valence-electron chi connectivity index (χ0n) is 39.5. The Bertz CT molecular complexity index is 1060. The van der Waals surface area contributed by atoms with Crippen LogP contribution in [-0.4, -0.2) is 68.5 Å². The minimum Gasteiger partial charge on any atom is -0.756 e. The summed E-state index contributed by atoms with van der Waals surface area (Å²) in [6.45, 7) is 4.71. The average Bonchev–Trinajstić information content (AvgIpc) is 3.19. The first kappa shape index (κ1) is 57.7. The molecule has 0 saturated carbocycles. The summed E-state index contributed by atoms with van der Waals surface area (Å²) in [6, 6.07) is -0.807. The largest absolute Gasteiger partial charge is 0.756 e. The van der Waals surface area contributed by atoms with Crippen LogP contribution in [0.25, 0.3) is 0 Å². The number of rotatable bonds is 45. The number of quaternary nitrogens is 1. The molecular formula is C50H97N2O6P. The van der Waals surface area contributed by atoms with Crippen LogP contribution >= 0.6 is 7.82 Å². The highest BCUT2D eigenvalue weighted by Gasteiger charge is 2.24. The van der Waals surface area contributed by atoms with Crippen LogP contribution < -0.4 is 10.2 Å². The number of amides is 1. The third-order valence-electron chi connectivity index (χ3n) is 11.1. The Labute approximate surface area is 366 Å². The molecule has 0 bridgehead atoms. The highest BCUT2D eigenvalue weighted by Crippen LogP contribution is 2.38. The molecule has 2 N–H and O–H groups in total. The maximum Gasteiger partial charge on any atom is 0.268 e. The van der Waals surface area contributed by atoms with Gasteiger partial charge in [-0.3, -0.25) is 9.36 Å². The zero-order valence-corrected chi connectivity index (χ0v) is 40.4. The molecule has 0 aliphatic carbocycles. The number of allylic oxidation sites excluding steroid dienone is 6. The fourth-order valence-electron chi connectivity index (χ4n) is 7.16. The van der Waals surface area contributed by atoms with Crippen molar-refractivity contribution in [3.63, 3.8) is 0 Å². The van der Waals surface area contributed by atoms with E-state index >= 15 is 0 Å². The van der Waals surface area contributed by atoms with E-state index in [9.17, 15) is 19.4 Å². The van der Waals surface area contributed by atoms with Crippen LogP contribution in [0.5, 0.6) is 0 Å². The molecule has 9 heteroatoms. The van der Waals surface area contributed by atoms with Gasteiger partial charge in [0.1, 0.15) is 13.2 Å². The zero-order chi connectivity index (χ0) is 43.6. The molecule has 1 amide bonds. The molecule has 8 nitrogen and oxygen atoms in total. The molecule has 0 radical (unpaired) electrons. The summed E-state index contributed by atoms with van der Waals surface area (Å²) in [5.41, 5.74) is 0. The predicted octanol–water partition coefficient (Wildman–Crippen LogP) is 13.6. The summed E-state index contributed by atoms with van der Waals surface area (Å²) in [5.74, 6) is -0.177. The Balaban J connectivity index is 4.32. The molecule has 0 fully saturated rings. The van der Waals surface area contributed by atoms with E-state index < -0.39 is 20.0 Å². The van der Waals surface area contributed by atoms with E-state index in [1.807, 2.05) is 21.1 Å². The predicted molar refractivity (Wildman–Crippen MR) is 251 cm³/mol. The van der Waals surface area contributed by atoms with Gasteiger partial charge in [0.25, 0.3) is 7.82 Å². The summed E-state index contributed by atoms with van der Waals surface area (Å²) in [6.07, 6.45) is 51.4. The molecule has 3 atom stereocenters. The van der Waals surface area contributed by atoms with Gasteiger partial charge in [-0.05, 0) is 51.4 Å². The number of hydrogen-bond acceptors (Lipinski definition) is 6. The van der Waals surface area contributed by atoms with Crippen molar-refractivity contribution < 1.29 is 32.9 Å². The van der Waals surface area contributed by atoms with Crippen LogP contribution in [0.1, 0.15) is 226 Å². The maximum absolute atomic E-state index is 12.9. The van der Waals surface area contributed by atoms with Crippen molar-refractivity contribution in [3.8, 4) is 0 Å². The number of nitrogens with zero attached hydrogens (tertiary/aromatic N) is 1. The first-order valence-corrected chi connectivity index (χ1v) is 26.3. The number of carbonyl (C=O) groups excluding carboxylic acids is 1. The second-order valence-electron chi connectivity index (χ2n) is 18.2. The second-order valence-corrected chi connectivity index (χ2v) is 19.6. The van der Waals surface area contributed by atoms with E-state index in [0.29, 0.717) is 23.9 Å². The van der Waals surface area contributed by atoms with Gasteiger partial charge in [-0.15, -0.1) is 0 Å². The first-order valence-electron chi connectivity index (χ1n) is 24.8. The van der Waals surface area contributed by atoms with E-state index in [-0.39, 0.29) is 19.1 Å². The van der Waals surface area contributed by atoms with Crippen LogP contribution in [0.4, 0.5) is 0 Å². The lowest BCUT2D eigenvalue weighted by Gasteiger charge is -2.30. The molecule has 0 aromatic heterocycles. The number of aliphatic hydroxyl groups is 1. The molecule has 0 aliphatic heterocycles. The van der Waals surface area contributed by atoms with Gasteiger partial charge >= 0.3 is 0 Å². The van der Waals surface area contributed by atoms with Crippen LogP contribution in [0.15, 0.2) is 36.5 Å². The third-order valence-corrected chi connectivity index (χ3v) is 12.1. The fourth-order valence-corrected chi connectivity index (χ4v) is 7.89. The van der Waals surface area contributed by atoms with Crippen molar-refractivity contribution in [1.29, 1.82) is 0 Å². The topological polar surface area (TPSA) is 108 Å². The molecule has 0 rings (SSSR count). The number of nitrogens with one attached hydrogen (secondary N) is 1. The SMILES string of the molecule is CCCCCCC/C=C\C/C=C\C/C=C\CCCCCCCCC(=O)NC(COP(=O)([O-])OCC[N+](C)(C)C)C(O)CCCCCCCCCCCCCCCCCC. The molecule has 0 heterocycles. The Morgan fingerprint density at radius 1 is 0.593 bits per heavy atom. The molecule has 0 aromatic carbocycles. The maximum atomic E-state index is 12.9. The Morgan fingerprint density at radius 3 is 1.42 bits per heavy atom. The molecule has 0 aromatic rings. The van der Waals surface area contributed by atoms with Gasteiger partial charge in [0.15, 0.2) is 0 Å². The average molecular weight is 853 g/mol. The second kappa shape index (κ2) is 42.0. The lowest BCUT2D eigenvalue weighted by molar-refractivity contribution is -0.870. The van der Waals surface area contributed by atoms with Gasteiger partial charge in [-0.2, -0.15) is 0 Å². The minimum absolute atomic E-state index is 0.00892. The lowest BCUT2D eigenvalue weighted by atomic mass is 10.0. The molecule has 348 valence electrons. The fraction of sp³-hybridized carbons (Fsp3) is 0.860. The summed E-state index contributed by atoms with van der Waals surface area (Å²) in [7, 11) is 1.30. The number of phosphoric ester groups is 1. The first-order chi connectivity index (χ1) is 28.5. The number of phosphoric acid groups is 1. The van der Waals surface area contributed by atoms with E-state index in [2.05, 4.69) is 55.6 Å². The van der Waals surface area contributed by atoms with E-state index in [1.165, 1.54) is 135 Å². The molecular weight excluding hydrogens is 756 g/mol. The van der Waals surface area contributed by atoms with Crippen molar-refractivity contribution in [2.24, 2.45) is 0 Å². The lowest BCUT2D eigenvalue weighted by Crippen LogP contribution is -2.46. The van der Waals surface area contributed by atoms with Gasteiger partial charge < -0.3 is 28.8 Å². The van der Waals surface area contributed by atoms with Gasteiger partial charge in [-0.1, -0.05) is 204 Å². The van der Waals surface area contributed by atoms with Crippen molar-refractivity contribution >= 4 is 13.7 Å². The standard InChI is InChI=1S/C50H97N2O6P/c1-6-8-10-12-14-16-18-20-22-24-25-26-27-28-30-32-34-36-38-40-42-44-50(54)51-48(47-58-59(55,56)57-46-45-52(3,4)5)49(53)43-41-39-37-35-33-31-29-23-21-19-17-15-13-11-9-7-2/h18,20,24-25,27-28,48-49,53H,6-17,19,21-23,26,29-47H2,1-5H3,(H-,51,54,55,56)/b20-18-,25-24-,28-27-. The Kier molecular flexibility index (Phi) is 41.1. The van der Waals surface area contributed by atoms with Gasteiger partial charge in [0.2, 0.25) is 5.91 Å². The quantitative estimate of drug-likeness (QED) is 0.0273. The summed E-state index contributed by atoms with van der Waals surface area (Å²) >= 11 is 0. The minimum atomic E-state index is -4.57. The summed E-state index contributed by atoms with van der Waals surface area (Å²) in [4.78, 5) is 25.4. The van der Waals surface area contributed by atoms with Crippen LogP contribution in [-0.2, 0) is 18.4 Å². The van der Waals surface area contributed by atoms with E-state index in [1.54, 1.807) is 0 Å². The van der Waals surface area contributed by atoms with Crippen LogP contribution in [0.3, 0.4) is 0 Å². The van der Waals surface area contributed by atoms with Gasteiger partial charge in [-0.25, -0.2) is 0 Å². The number of aliphatic hydroxyl groups excluding tert-OH is 1. The van der Waals surface area contributed by atoms with Crippen LogP contribution in [0, 0.1) is 0 Å². The third kappa shape index (κ3) is 44.6. The molecule has 0 spiro atoms. The van der Waals surface area contributed by atoms with Crippen molar-refractivity contribution in [3.05, 3.63) is 36.5 Å². The van der Waals surface area contributed by atoms with Crippen molar-refractivity contribution in [2.75, 3.05) is 40.9 Å². The van der Waals surface area contributed by atoms with E-state index in [4.69, 9.17) is 9.05 Å². The monoisotopic (exact) mass is 853 g/mol. The number of unbranched alkanes of at least 4 members (excludes halogenated alkanes) is 26. The number of hydrogen-bond donors (Lipinski definition) is 2.